The van der Waals surface area contributed by atoms with E-state index in [1.807, 2.05) is 6.92 Å². The van der Waals surface area contributed by atoms with Gasteiger partial charge < -0.3 is 16.0 Å². The molecule has 110 valence electrons. The Bertz CT molecular complexity index is 476. The highest BCUT2D eigenvalue weighted by Gasteiger charge is 2.22. The Morgan fingerprint density at radius 2 is 1.85 bits per heavy atom. The van der Waals surface area contributed by atoms with Crippen LogP contribution in [0.25, 0.3) is 0 Å². The lowest BCUT2D eigenvalue weighted by Gasteiger charge is -2.27. The second-order valence-electron chi connectivity index (χ2n) is 4.74. The molecule has 5 nitrogen and oxygen atoms in total. The Morgan fingerprint density at radius 3 is 2.35 bits per heavy atom. The number of rotatable bonds is 5. The standard InChI is InChI=1S/C14H20ClN3O2/c1-9(8-16)18(3)14(20)10(2)17-13(19)11-4-6-12(15)7-5-11/h4-7,9-10H,8,16H2,1-3H3,(H,17,19). The van der Waals surface area contributed by atoms with Crippen LogP contribution >= 0.6 is 11.6 Å². The SMILES string of the molecule is CC(NC(=O)c1ccc(Cl)cc1)C(=O)N(C)C(C)CN. The first-order valence-corrected chi connectivity index (χ1v) is 6.77. The summed E-state index contributed by atoms with van der Waals surface area (Å²) in [6, 6.07) is 5.80. The molecule has 1 aromatic carbocycles. The maximum Gasteiger partial charge on any atom is 0.251 e. The minimum absolute atomic E-state index is 0.0719. The van der Waals surface area contributed by atoms with E-state index in [1.54, 1.807) is 38.2 Å². The number of likely N-dealkylation sites (N-methyl/N-ethyl adjacent to an activating group) is 1. The first-order valence-electron chi connectivity index (χ1n) is 6.40. The number of nitrogens with one attached hydrogen (secondary N) is 1. The zero-order valence-corrected chi connectivity index (χ0v) is 12.6. The number of carbonyl (C=O) groups excluding carboxylic acids is 2. The quantitative estimate of drug-likeness (QED) is 0.859. The van der Waals surface area contributed by atoms with Crippen LogP contribution in [-0.2, 0) is 4.79 Å². The largest absolute Gasteiger partial charge is 0.341 e. The highest BCUT2D eigenvalue weighted by Crippen LogP contribution is 2.09. The van der Waals surface area contributed by atoms with Crippen LogP contribution in [-0.4, -0.2) is 42.4 Å². The molecule has 0 saturated carbocycles. The van der Waals surface area contributed by atoms with E-state index in [4.69, 9.17) is 17.3 Å². The summed E-state index contributed by atoms with van der Waals surface area (Å²) in [4.78, 5) is 25.6. The molecule has 2 atom stereocenters. The Morgan fingerprint density at radius 1 is 1.30 bits per heavy atom. The lowest BCUT2D eigenvalue weighted by Crippen LogP contribution is -2.49. The van der Waals surface area contributed by atoms with Crippen LogP contribution in [0.3, 0.4) is 0 Å². The maximum atomic E-state index is 12.1. The van der Waals surface area contributed by atoms with Gasteiger partial charge in [0.05, 0.1) is 0 Å². The van der Waals surface area contributed by atoms with Crippen molar-refractivity contribution in [1.29, 1.82) is 0 Å². The summed E-state index contributed by atoms with van der Waals surface area (Å²) < 4.78 is 0. The summed E-state index contributed by atoms with van der Waals surface area (Å²) in [5, 5.41) is 3.22. The van der Waals surface area contributed by atoms with Crippen LogP contribution in [0.15, 0.2) is 24.3 Å². The number of hydrogen-bond donors (Lipinski definition) is 2. The molecule has 0 spiro atoms. The van der Waals surface area contributed by atoms with E-state index in [-0.39, 0.29) is 17.9 Å². The van der Waals surface area contributed by atoms with Gasteiger partial charge >= 0.3 is 0 Å². The average Bonchev–Trinajstić information content (AvgIpc) is 2.45. The molecule has 6 heteroatoms. The van der Waals surface area contributed by atoms with Gasteiger partial charge in [0.1, 0.15) is 6.04 Å². The number of benzene rings is 1. The number of hydrogen-bond acceptors (Lipinski definition) is 3. The van der Waals surface area contributed by atoms with Crippen molar-refractivity contribution in [2.24, 2.45) is 5.73 Å². The molecule has 0 heterocycles. The topological polar surface area (TPSA) is 75.4 Å². The Labute approximate surface area is 124 Å². The van der Waals surface area contributed by atoms with Gasteiger partial charge in [0, 0.05) is 30.2 Å². The van der Waals surface area contributed by atoms with Crippen molar-refractivity contribution in [2.75, 3.05) is 13.6 Å². The lowest BCUT2D eigenvalue weighted by atomic mass is 10.2. The zero-order chi connectivity index (χ0) is 15.3. The third kappa shape index (κ3) is 4.21. The van der Waals surface area contributed by atoms with Crippen LogP contribution in [0.2, 0.25) is 5.02 Å². The first kappa shape index (κ1) is 16.5. The molecule has 0 bridgehead atoms. The van der Waals surface area contributed by atoms with Crippen molar-refractivity contribution in [1.82, 2.24) is 10.2 Å². The molecule has 2 unspecified atom stereocenters. The normalized spacial score (nSPS) is 13.4. The molecule has 0 saturated heterocycles. The predicted octanol–water partition coefficient (Wildman–Crippen LogP) is 1.26. The van der Waals surface area contributed by atoms with E-state index in [9.17, 15) is 9.59 Å². The summed E-state index contributed by atoms with van der Waals surface area (Å²) in [6.45, 7) is 3.88. The molecule has 20 heavy (non-hydrogen) atoms. The molecule has 1 rings (SSSR count). The Balaban J connectivity index is 2.65. The molecule has 2 amide bonds. The van der Waals surface area contributed by atoms with Crippen LogP contribution in [0.4, 0.5) is 0 Å². The van der Waals surface area contributed by atoms with E-state index in [1.165, 1.54) is 4.90 Å². The van der Waals surface area contributed by atoms with Crippen LogP contribution in [0, 0.1) is 0 Å². The lowest BCUT2D eigenvalue weighted by molar-refractivity contribution is -0.133. The van der Waals surface area contributed by atoms with Crippen molar-refractivity contribution in [3.05, 3.63) is 34.9 Å². The number of nitrogens with two attached hydrogens (primary N) is 1. The molecule has 1 aromatic rings. The predicted molar refractivity (Wildman–Crippen MR) is 79.7 cm³/mol. The third-order valence-electron chi connectivity index (χ3n) is 3.17. The van der Waals surface area contributed by atoms with Gasteiger partial charge in [0.15, 0.2) is 0 Å². The highest BCUT2D eigenvalue weighted by molar-refractivity contribution is 6.30. The number of carbonyl (C=O) groups is 2. The van der Waals surface area contributed by atoms with E-state index in [0.717, 1.165) is 0 Å². The summed E-state index contributed by atoms with van der Waals surface area (Å²) in [7, 11) is 1.67. The molecule has 0 fully saturated rings. The molecular weight excluding hydrogens is 278 g/mol. The van der Waals surface area contributed by atoms with Crippen molar-refractivity contribution >= 4 is 23.4 Å². The second kappa shape index (κ2) is 7.26. The maximum absolute atomic E-state index is 12.1. The van der Waals surface area contributed by atoms with Crippen molar-refractivity contribution in [2.45, 2.75) is 25.9 Å². The summed E-state index contributed by atoms with van der Waals surface area (Å²) in [5.74, 6) is -0.485. The Hall–Kier alpha value is -1.59. The van der Waals surface area contributed by atoms with E-state index < -0.39 is 6.04 Å². The van der Waals surface area contributed by atoms with Gasteiger partial charge in [-0.15, -0.1) is 0 Å². The second-order valence-corrected chi connectivity index (χ2v) is 5.17. The van der Waals surface area contributed by atoms with Gasteiger partial charge in [-0.2, -0.15) is 0 Å². The summed E-state index contributed by atoms with van der Waals surface area (Å²) in [5.41, 5.74) is 5.99. The molecular formula is C14H20ClN3O2. The smallest absolute Gasteiger partial charge is 0.251 e. The molecule has 0 radical (unpaired) electrons. The van der Waals surface area contributed by atoms with Crippen LogP contribution in [0.1, 0.15) is 24.2 Å². The summed E-state index contributed by atoms with van der Waals surface area (Å²) >= 11 is 5.76. The van der Waals surface area contributed by atoms with E-state index in [0.29, 0.717) is 17.1 Å². The minimum Gasteiger partial charge on any atom is -0.341 e. The van der Waals surface area contributed by atoms with Crippen molar-refractivity contribution < 1.29 is 9.59 Å². The fraction of sp³-hybridized carbons (Fsp3) is 0.429. The molecule has 0 aliphatic heterocycles. The van der Waals surface area contributed by atoms with Gasteiger partial charge in [-0.3, -0.25) is 9.59 Å². The fourth-order valence-electron chi connectivity index (χ4n) is 1.62. The molecule has 3 N–H and O–H groups in total. The zero-order valence-electron chi connectivity index (χ0n) is 11.9. The van der Waals surface area contributed by atoms with Gasteiger partial charge in [-0.1, -0.05) is 11.6 Å². The molecule has 0 aliphatic carbocycles. The highest BCUT2D eigenvalue weighted by atomic mass is 35.5. The van der Waals surface area contributed by atoms with Gasteiger partial charge in [-0.25, -0.2) is 0 Å². The van der Waals surface area contributed by atoms with Crippen LogP contribution < -0.4 is 11.1 Å². The molecule has 0 aliphatic rings. The third-order valence-corrected chi connectivity index (χ3v) is 3.43. The first-order chi connectivity index (χ1) is 9.36. The van der Waals surface area contributed by atoms with Crippen molar-refractivity contribution in [3.8, 4) is 0 Å². The Kier molecular flexibility index (Phi) is 5.98. The minimum atomic E-state index is -0.614. The van der Waals surface area contributed by atoms with Gasteiger partial charge in [0.25, 0.3) is 5.91 Å². The fourth-order valence-corrected chi connectivity index (χ4v) is 1.75. The number of nitrogens with zero attached hydrogens (tertiary/aromatic N) is 1. The summed E-state index contributed by atoms with van der Waals surface area (Å²) in [6.07, 6.45) is 0. The van der Waals surface area contributed by atoms with Gasteiger partial charge in [0.2, 0.25) is 5.91 Å². The average molecular weight is 298 g/mol. The van der Waals surface area contributed by atoms with E-state index >= 15 is 0 Å². The molecule has 0 aromatic heterocycles. The number of amides is 2. The van der Waals surface area contributed by atoms with E-state index in [2.05, 4.69) is 5.32 Å². The van der Waals surface area contributed by atoms with Crippen molar-refractivity contribution in [3.63, 3.8) is 0 Å². The monoisotopic (exact) mass is 297 g/mol. The van der Waals surface area contributed by atoms with Gasteiger partial charge in [-0.05, 0) is 38.1 Å². The number of halogens is 1. The van der Waals surface area contributed by atoms with Crippen LogP contribution in [0.5, 0.6) is 0 Å².